The zero-order chi connectivity index (χ0) is 10.8. The van der Waals surface area contributed by atoms with Crippen molar-refractivity contribution in [2.45, 2.75) is 39.5 Å². The molecule has 0 bridgehead atoms. The van der Waals surface area contributed by atoms with Gasteiger partial charge in [0, 0.05) is 6.54 Å². The van der Waals surface area contributed by atoms with Crippen LogP contribution >= 0.6 is 0 Å². The molecule has 0 aliphatic heterocycles. The maximum absolute atomic E-state index is 11.6. The molecule has 2 N–H and O–H groups in total. The van der Waals surface area contributed by atoms with Crippen LogP contribution in [-0.4, -0.2) is 19.6 Å². The first-order valence-electron chi connectivity index (χ1n) is 5.36. The van der Waals surface area contributed by atoms with Crippen LogP contribution in [-0.2, 0) is 9.53 Å². The molecule has 0 unspecified atom stereocenters. The van der Waals surface area contributed by atoms with E-state index in [9.17, 15) is 4.79 Å². The molecule has 1 saturated carbocycles. The van der Waals surface area contributed by atoms with Gasteiger partial charge >= 0.3 is 5.97 Å². The van der Waals surface area contributed by atoms with Gasteiger partial charge in [0.05, 0.1) is 12.5 Å². The number of methoxy groups -OCH3 is 1. The van der Waals surface area contributed by atoms with E-state index < -0.39 is 0 Å². The minimum absolute atomic E-state index is 0.127. The summed E-state index contributed by atoms with van der Waals surface area (Å²) in [7, 11) is 1.44. The highest BCUT2D eigenvalue weighted by Crippen LogP contribution is 2.58. The summed E-state index contributed by atoms with van der Waals surface area (Å²) in [6, 6.07) is 0. The standard InChI is InChI=1S/C11H21NO2/c1-4-10(5-2)6-11(7-10,8-12)9(13)14-3/h4-8,12H2,1-3H3. The van der Waals surface area contributed by atoms with Crippen LogP contribution in [0.2, 0.25) is 0 Å². The number of carbonyl (C=O) groups is 1. The average molecular weight is 199 g/mol. The Labute approximate surface area is 86.0 Å². The minimum atomic E-state index is -0.374. The molecular weight excluding hydrogens is 178 g/mol. The zero-order valence-electron chi connectivity index (χ0n) is 9.43. The van der Waals surface area contributed by atoms with Crippen molar-refractivity contribution >= 4 is 5.97 Å². The third-order valence-corrected chi connectivity index (χ3v) is 3.94. The van der Waals surface area contributed by atoms with Crippen molar-refractivity contribution in [2.24, 2.45) is 16.6 Å². The summed E-state index contributed by atoms with van der Waals surface area (Å²) in [5.74, 6) is -0.127. The lowest BCUT2D eigenvalue weighted by atomic mass is 9.50. The molecule has 0 aromatic rings. The van der Waals surface area contributed by atoms with Gasteiger partial charge in [-0.05, 0) is 18.3 Å². The summed E-state index contributed by atoms with van der Waals surface area (Å²) in [5, 5.41) is 0. The highest BCUT2D eigenvalue weighted by molar-refractivity contribution is 5.78. The van der Waals surface area contributed by atoms with E-state index in [1.807, 2.05) is 0 Å². The molecule has 0 aromatic heterocycles. The first kappa shape index (κ1) is 11.5. The fourth-order valence-electron chi connectivity index (χ4n) is 2.72. The lowest BCUT2D eigenvalue weighted by Gasteiger charge is -2.53. The second kappa shape index (κ2) is 3.89. The number of carbonyl (C=O) groups excluding carboxylic acids is 1. The lowest BCUT2D eigenvalue weighted by Crippen LogP contribution is -2.55. The van der Waals surface area contributed by atoms with Crippen LogP contribution < -0.4 is 5.73 Å². The first-order valence-corrected chi connectivity index (χ1v) is 5.36. The van der Waals surface area contributed by atoms with E-state index in [2.05, 4.69) is 13.8 Å². The Hall–Kier alpha value is -0.570. The molecule has 3 heteroatoms. The number of rotatable bonds is 4. The van der Waals surface area contributed by atoms with Crippen LogP contribution in [0.4, 0.5) is 0 Å². The van der Waals surface area contributed by atoms with Gasteiger partial charge in [0.25, 0.3) is 0 Å². The molecule has 1 rings (SSSR count). The largest absolute Gasteiger partial charge is 0.469 e. The number of ether oxygens (including phenoxy) is 1. The van der Waals surface area contributed by atoms with E-state index in [1.165, 1.54) is 7.11 Å². The lowest BCUT2D eigenvalue weighted by molar-refractivity contribution is -0.169. The SMILES string of the molecule is CCC1(CC)CC(CN)(C(=O)OC)C1. The fourth-order valence-corrected chi connectivity index (χ4v) is 2.72. The molecule has 0 atom stereocenters. The molecule has 0 amide bonds. The Morgan fingerprint density at radius 1 is 1.36 bits per heavy atom. The maximum Gasteiger partial charge on any atom is 0.313 e. The zero-order valence-corrected chi connectivity index (χ0v) is 9.43. The summed E-state index contributed by atoms with van der Waals surface area (Å²) in [6.07, 6.45) is 4.05. The van der Waals surface area contributed by atoms with E-state index in [4.69, 9.17) is 10.5 Å². The molecule has 1 aliphatic carbocycles. The Bertz CT molecular complexity index is 213. The van der Waals surface area contributed by atoms with E-state index in [0.29, 0.717) is 12.0 Å². The molecule has 1 fully saturated rings. The number of esters is 1. The van der Waals surface area contributed by atoms with Gasteiger partial charge in [-0.3, -0.25) is 4.79 Å². The van der Waals surface area contributed by atoms with Crippen molar-refractivity contribution in [1.82, 2.24) is 0 Å². The molecule has 3 nitrogen and oxygen atoms in total. The van der Waals surface area contributed by atoms with Crippen molar-refractivity contribution in [3.8, 4) is 0 Å². The predicted molar refractivity (Wildman–Crippen MR) is 55.8 cm³/mol. The van der Waals surface area contributed by atoms with E-state index >= 15 is 0 Å². The number of nitrogens with two attached hydrogens (primary N) is 1. The molecule has 82 valence electrons. The van der Waals surface area contributed by atoms with Gasteiger partial charge < -0.3 is 10.5 Å². The quantitative estimate of drug-likeness (QED) is 0.701. The maximum atomic E-state index is 11.6. The predicted octanol–water partition coefficient (Wildman–Crippen LogP) is 1.70. The van der Waals surface area contributed by atoms with Crippen LogP contribution in [0.1, 0.15) is 39.5 Å². The molecular formula is C11H21NO2. The van der Waals surface area contributed by atoms with Crippen LogP contribution in [0.25, 0.3) is 0 Å². The van der Waals surface area contributed by atoms with Crippen molar-refractivity contribution in [3.63, 3.8) is 0 Å². The van der Waals surface area contributed by atoms with Gasteiger partial charge in [-0.15, -0.1) is 0 Å². The van der Waals surface area contributed by atoms with Crippen LogP contribution in [0.3, 0.4) is 0 Å². The Morgan fingerprint density at radius 2 is 1.86 bits per heavy atom. The molecule has 0 aromatic carbocycles. The van der Waals surface area contributed by atoms with Gasteiger partial charge in [-0.2, -0.15) is 0 Å². The number of hydrogen-bond acceptors (Lipinski definition) is 3. The minimum Gasteiger partial charge on any atom is -0.469 e. The van der Waals surface area contributed by atoms with Crippen molar-refractivity contribution < 1.29 is 9.53 Å². The summed E-state index contributed by atoms with van der Waals surface area (Å²) in [5.41, 5.74) is 5.64. The van der Waals surface area contributed by atoms with E-state index in [-0.39, 0.29) is 11.4 Å². The topological polar surface area (TPSA) is 52.3 Å². The van der Waals surface area contributed by atoms with Gasteiger partial charge in [0.1, 0.15) is 0 Å². The van der Waals surface area contributed by atoms with Gasteiger partial charge in [-0.25, -0.2) is 0 Å². The van der Waals surface area contributed by atoms with Crippen molar-refractivity contribution in [2.75, 3.05) is 13.7 Å². The molecule has 14 heavy (non-hydrogen) atoms. The molecule has 0 heterocycles. The third-order valence-electron chi connectivity index (χ3n) is 3.94. The van der Waals surface area contributed by atoms with E-state index in [1.54, 1.807) is 0 Å². The molecule has 0 saturated heterocycles. The van der Waals surface area contributed by atoms with Crippen molar-refractivity contribution in [3.05, 3.63) is 0 Å². The summed E-state index contributed by atoms with van der Waals surface area (Å²) in [4.78, 5) is 11.6. The van der Waals surface area contributed by atoms with Gasteiger partial charge in [0.15, 0.2) is 0 Å². The summed E-state index contributed by atoms with van der Waals surface area (Å²) >= 11 is 0. The third kappa shape index (κ3) is 1.54. The van der Waals surface area contributed by atoms with Crippen molar-refractivity contribution in [1.29, 1.82) is 0 Å². The van der Waals surface area contributed by atoms with Crippen LogP contribution in [0.5, 0.6) is 0 Å². The smallest absolute Gasteiger partial charge is 0.313 e. The first-order chi connectivity index (χ1) is 6.58. The van der Waals surface area contributed by atoms with E-state index in [0.717, 1.165) is 25.7 Å². The second-order valence-electron chi connectivity index (χ2n) is 4.54. The normalized spacial score (nSPS) is 22.6. The Kier molecular flexibility index (Phi) is 3.20. The Balaban J connectivity index is 2.69. The fraction of sp³-hybridized carbons (Fsp3) is 0.909. The highest BCUT2D eigenvalue weighted by Gasteiger charge is 2.56. The highest BCUT2D eigenvalue weighted by atomic mass is 16.5. The molecule has 0 radical (unpaired) electrons. The van der Waals surface area contributed by atoms with Crippen LogP contribution in [0.15, 0.2) is 0 Å². The summed E-state index contributed by atoms with van der Waals surface area (Å²) in [6.45, 7) is 4.78. The molecule has 0 spiro atoms. The average Bonchev–Trinajstić information content (AvgIpc) is 2.18. The second-order valence-corrected chi connectivity index (χ2v) is 4.54. The van der Waals surface area contributed by atoms with Gasteiger partial charge in [-0.1, -0.05) is 26.7 Å². The van der Waals surface area contributed by atoms with Crippen LogP contribution in [0, 0.1) is 10.8 Å². The summed E-state index contributed by atoms with van der Waals surface area (Å²) < 4.78 is 4.81. The molecule has 1 aliphatic rings. The number of hydrogen-bond donors (Lipinski definition) is 1. The van der Waals surface area contributed by atoms with Gasteiger partial charge in [0.2, 0.25) is 0 Å². The Morgan fingerprint density at radius 3 is 2.14 bits per heavy atom. The monoisotopic (exact) mass is 199 g/mol.